The first kappa shape index (κ1) is 14.2. The van der Waals surface area contributed by atoms with E-state index in [1.54, 1.807) is 11.0 Å². The number of phenolic OH excluding ortho intramolecular Hbond substituents is 2. The molecule has 3 atom stereocenters. The minimum absolute atomic E-state index is 0.0387. The van der Waals surface area contributed by atoms with Crippen LogP contribution in [0.5, 0.6) is 11.5 Å². The van der Waals surface area contributed by atoms with Crippen LogP contribution in [0.2, 0.25) is 0 Å². The van der Waals surface area contributed by atoms with Gasteiger partial charge >= 0.3 is 0 Å². The third-order valence-electron chi connectivity index (χ3n) is 4.83. The van der Waals surface area contributed by atoms with Crippen molar-refractivity contribution in [1.82, 2.24) is 4.90 Å². The van der Waals surface area contributed by atoms with Gasteiger partial charge in [0, 0.05) is 18.5 Å². The lowest BCUT2D eigenvalue weighted by molar-refractivity contribution is 0.0525. The summed E-state index contributed by atoms with van der Waals surface area (Å²) in [5, 5.41) is 29.5. The van der Waals surface area contributed by atoms with Crippen LogP contribution >= 0.6 is 0 Å². The van der Waals surface area contributed by atoms with Gasteiger partial charge < -0.3 is 20.2 Å². The molecule has 1 saturated carbocycles. The molecule has 3 unspecified atom stereocenters. The second-order valence-corrected chi connectivity index (χ2v) is 6.04. The fourth-order valence-corrected chi connectivity index (χ4v) is 3.77. The van der Waals surface area contributed by atoms with Crippen molar-refractivity contribution in [3.8, 4) is 11.5 Å². The van der Waals surface area contributed by atoms with Crippen LogP contribution in [0, 0.1) is 5.92 Å². The van der Waals surface area contributed by atoms with E-state index < -0.39 is 0 Å². The van der Waals surface area contributed by atoms with E-state index in [-0.39, 0.29) is 41.0 Å². The molecule has 1 aliphatic heterocycles. The second kappa shape index (κ2) is 5.56. The van der Waals surface area contributed by atoms with E-state index in [1.807, 2.05) is 0 Å². The Morgan fingerprint density at radius 1 is 1.14 bits per heavy atom. The van der Waals surface area contributed by atoms with Crippen LogP contribution in [0.4, 0.5) is 0 Å². The SMILES string of the molecule is O=C(c1cccc(O)c1O)N1CCCC1C1CCCC1O. The maximum absolute atomic E-state index is 12.7. The number of carbonyl (C=O) groups excluding carboxylic acids is 1. The summed E-state index contributed by atoms with van der Waals surface area (Å²) in [7, 11) is 0. The number of benzene rings is 1. The molecular formula is C16H21NO4. The number of nitrogens with zero attached hydrogens (tertiary/aromatic N) is 1. The first-order valence-electron chi connectivity index (χ1n) is 7.59. The van der Waals surface area contributed by atoms with Crippen LogP contribution in [-0.2, 0) is 0 Å². The molecular weight excluding hydrogens is 270 g/mol. The molecule has 1 amide bonds. The van der Waals surface area contributed by atoms with Crippen molar-refractivity contribution in [2.45, 2.75) is 44.2 Å². The maximum Gasteiger partial charge on any atom is 0.258 e. The zero-order valence-corrected chi connectivity index (χ0v) is 11.9. The van der Waals surface area contributed by atoms with Crippen LogP contribution < -0.4 is 0 Å². The van der Waals surface area contributed by atoms with E-state index >= 15 is 0 Å². The number of likely N-dealkylation sites (tertiary alicyclic amines) is 1. The number of hydrogen-bond acceptors (Lipinski definition) is 4. The van der Waals surface area contributed by atoms with Crippen LogP contribution in [-0.4, -0.2) is 44.8 Å². The molecule has 3 N–H and O–H groups in total. The Kier molecular flexibility index (Phi) is 3.76. The average molecular weight is 291 g/mol. The van der Waals surface area contributed by atoms with Crippen molar-refractivity contribution in [3.05, 3.63) is 23.8 Å². The lowest BCUT2D eigenvalue weighted by Crippen LogP contribution is -2.42. The summed E-state index contributed by atoms with van der Waals surface area (Å²) in [5.74, 6) is -0.765. The quantitative estimate of drug-likeness (QED) is 0.727. The number of rotatable bonds is 2. The highest BCUT2D eigenvalue weighted by atomic mass is 16.3. The van der Waals surface area contributed by atoms with E-state index in [2.05, 4.69) is 0 Å². The van der Waals surface area contributed by atoms with Gasteiger partial charge in [-0.1, -0.05) is 12.5 Å². The van der Waals surface area contributed by atoms with Gasteiger partial charge in [-0.05, 0) is 37.8 Å². The molecule has 0 bridgehead atoms. The molecule has 1 heterocycles. The summed E-state index contributed by atoms with van der Waals surface area (Å²) in [6, 6.07) is 4.47. The summed E-state index contributed by atoms with van der Waals surface area (Å²) in [4.78, 5) is 14.4. The number of para-hydroxylation sites is 1. The summed E-state index contributed by atoms with van der Waals surface area (Å²) < 4.78 is 0. The molecule has 114 valence electrons. The third kappa shape index (κ3) is 2.46. The van der Waals surface area contributed by atoms with Crippen molar-refractivity contribution in [2.24, 2.45) is 5.92 Å². The van der Waals surface area contributed by atoms with Crippen molar-refractivity contribution >= 4 is 5.91 Å². The van der Waals surface area contributed by atoms with Crippen molar-refractivity contribution in [2.75, 3.05) is 6.54 Å². The van der Waals surface area contributed by atoms with Gasteiger partial charge in [-0.15, -0.1) is 0 Å². The molecule has 1 aromatic carbocycles. The highest BCUT2D eigenvalue weighted by molar-refractivity contribution is 5.98. The molecule has 5 nitrogen and oxygen atoms in total. The fraction of sp³-hybridized carbons (Fsp3) is 0.562. The van der Waals surface area contributed by atoms with E-state index in [1.165, 1.54) is 12.1 Å². The predicted molar refractivity (Wildman–Crippen MR) is 77.2 cm³/mol. The van der Waals surface area contributed by atoms with Crippen molar-refractivity contribution in [3.63, 3.8) is 0 Å². The topological polar surface area (TPSA) is 81.0 Å². The number of aliphatic hydroxyl groups is 1. The zero-order valence-electron chi connectivity index (χ0n) is 11.9. The average Bonchev–Trinajstić information content (AvgIpc) is 3.09. The number of hydrogen-bond donors (Lipinski definition) is 3. The largest absolute Gasteiger partial charge is 0.504 e. The standard InChI is InChI=1S/C16H21NO4/c18-13-7-1-4-10(13)12-6-3-9-17(12)16(21)11-5-2-8-14(19)15(11)20/h2,5,8,10,12-13,18-20H,1,3-4,6-7,9H2. The minimum atomic E-state index is -0.361. The Morgan fingerprint density at radius 2 is 1.95 bits per heavy atom. The van der Waals surface area contributed by atoms with Crippen molar-refractivity contribution < 1.29 is 20.1 Å². The number of aliphatic hydroxyl groups excluding tert-OH is 1. The maximum atomic E-state index is 12.7. The van der Waals surface area contributed by atoms with E-state index in [0.29, 0.717) is 6.54 Å². The summed E-state index contributed by atoms with van der Waals surface area (Å²) >= 11 is 0. The summed E-state index contributed by atoms with van der Waals surface area (Å²) in [5.41, 5.74) is 0.134. The van der Waals surface area contributed by atoms with E-state index in [0.717, 1.165) is 32.1 Å². The molecule has 0 radical (unpaired) electrons. The monoisotopic (exact) mass is 291 g/mol. The van der Waals surface area contributed by atoms with Crippen LogP contribution in [0.15, 0.2) is 18.2 Å². The van der Waals surface area contributed by atoms with Crippen LogP contribution in [0.25, 0.3) is 0 Å². The first-order chi connectivity index (χ1) is 10.1. The predicted octanol–water partition coefficient (Wildman–Crippen LogP) is 1.86. The van der Waals surface area contributed by atoms with Crippen molar-refractivity contribution in [1.29, 1.82) is 0 Å². The molecule has 0 aromatic heterocycles. The minimum Gasteiger partial charge on any atom is -0.504 e. The van der Waals surface area contributed by atoms with Gasteiger partial charge in [0.05, 0.1) is 11.7 Å². The molecule has 2 fully saturated rings. The van der Waals surface area contributed by atoms with Gasteiger partial charge in [-0.2, -0.15) is 0 Å². The van der Waals surface area contributed by atoms with Gasteiger partial charge in [-0.3, -0.25) is 4.79 Å². The molecule has 1 aliphatic carbocycles. The van der Waals surface area contributed by atoms with Gasteiger partial charge in [0.2, 0.25) is 0 Å². The fourth-order valence-electron chi connectivity index (χ4n) is 3.77. The second-order valence-electron chi connectivity index (χ2n) is 6.04. The molecule has 3 rings (SSSR count). The van der Waals surface area contributed by atoms with E-state index in [9.17, 15) is 20.1 Å². The van der Waals surface area contributed by atoms with Crippen LogP contribution in [0.1, 0.15) is 42.5 Å². The number of phenols is 2. The number of aromatic hydroxyl groups is 2. The lowest BCUT2D eigenvalue weighted by atomic mass is 9.93. The molecule has 5 heteroatoms. The van der Waals surface area contributed by atoms with Gasteiger partial charge in [0.25, 0.3) is 5.91 Å². The van der Waals surface area contributed by atoms with E-state index in [4.69, 9.17) is 0 Å². The van der Waals surface area contributed by atoms with Gasteiger partial charge in [-0.25, -0.2) is 0 Å². The lowest BCUT2D eigenvalue weighted by Gasteiger charge is -2.31. The molecule has 0 spiro atoms. The normalized spacial score (nSPS) is 29.0. The Hall–Kier alpha value is -1.75. The summed E-state index contributed by atoms with van der Waals surface area (Å²) in [6.45, 7) is 0.641. The zero-order chi connectivity index (χ0) is 15.0. The molecule has 1 saturated heterocycles. The Bertz CT molecular complexity index is 545. The molecule has 21 heavy (non-hydrogen) atoms. The first-order valence-corrected chi connectivity index (χ1v) is 7.59. The van der Waals surface area contributed by atoms with Gasteiger partial charge in [0.1, 0.15) is 0 Å². The van der Waals surface area contributed by atoms with Crippen LogP contribution in [0.3, 0.4) is 0 Å². The number of amides is 1. The smallest absolute Gasteiger partial charge is 0.258 e. The molecule has 1 aromatic rings. The number of carbonyl (C=O) groups is 1. The molecule has 2 aliphatic rings. The summed E-state index contributed by atoms with van der Waals surface area (Å²) in [6.07, 6.45) is 4.23. The Balaban J connectivity index is 1.84. The highest BCUT2D eigenvalue weighted by Crippen LogP contribution is 2.38. The van der Waals surface area contributed by atoms with Gasteiger partial charge in [0.15, 0.2) is 11.5 Å². The Morgan fingerprint density at radius 3 is 2.67 bits per heavy atom. The Labute approximate surface area is 123 Å². The third-order valence-corrected chi connectivity index (χ3v) is 4.83. The highest BCUT2D eigenvalue weighted by Gasteiger charge is 2.40.